The molecule has 3 aromatic carbocycles. The van der Waals surface area contributed by atoms with Gasteiger partial charge in [-0.1, -0.05) is 23.4 Å². The van der Waals surface area contributed by atoms with Crippen LogP contribution in [0.4, 0.5) is 0 Å². The number of ether oxygens (including phenoxy) is 3. The van der Waals surface area contributed by atoms with E-state index in [1.165, 1.54) is 4.68 Å². The van der Waals surface area contributed by atoms with Crippen molar-refractivity contribution in [2.75, 3.05) is 13.4 Å². The summed E-state index contributed by atoms with van der Waals surface area (Å²) in [4.78, 5) is 17.8. The van der Waals surface area contributed by atoms with Crippen LogP contribution in [0.2, 0.25) is 0 Å². The first-order valence-corrected chi connectivity index (χ1v) is 10.7. The second kappa shape index (κ2) is 8.04. The predicted octanol–water partition coefficient (Wildman–Crippen LogP) is 4.23. The van der Waals surface area contributed by atoms with E-state index in [4.69, 9.17) is 18.7 Å². The average molecular weight is 454 g/mol. The molecule has 3 heterocycles. The lowest BCUT2D eigenvalue weighted by Crippen LogP contribution is -2.22. The third-order valence-electron chi connectivity index (χ3n) is 5.46. The highest BCUT2D eigenvalue weighted by molar-refractivity contribution is 5.92. The van der Waals surface area contributed by atoms with Crippen LogP contribution in [-0.4, -0.2) is 33.3 Å². The van der Waals surface area contributed by atoms with E-state index in [1.807, 2.05) is 31.2 Å². The van der Waals surface area contributed by atoms with E-state index >= 15 is 0 Å². The SMILES string of the molecule is CCOc1ccc(-n2nc(-c3nc(-c4ccc5c(c4)OCO5)no3)c3ccccc3c2=O)cc1. The summed E-state index contributed by atoms with van der Waals surface area (Å²) in [6.45, 7) is 2.65. The van der Waals surface area contributed by atoms with Gasteiger partial charge in [0.1, 0.15) is 5.75 Å². The molecule has 0 aliphatic carbocycles. The fourth-order valence-electron chi connectivity index (χ4n) is 3.85. The highest BCUT2D eigenvalue weighted by Crippen LogP contribution is 2.35. The summed E-state index contributed by atoms with van der Waals surface area (Å²) < 4.78 is 23.2. The van der Waals surface area contributed by atoms with E-state index in [1.54, 1.807) is 42.5 Å². The van der Waals surface area contributed by atoms with Gasteiger partial charge in [-0.2, -0.15) is 14.8 Å². The quantitative estimate of drug-likeness (QED) is 0.389. The fraction of sp³-hybridized carbons (Fsp3) is 0.120. The first kappa shape index (κ1) is 20.0. The van der Waals surface area contributed by atoms with E-state index in [2.05, 4.69) is 15.2 Å². The zero-order valence-corrected chi connectivity index (χ0v) is 18.1. The van der Waals surface area contributed by atoms with Crippen LogP contribution in [0.15, 0.2) is 76.0 Å². The predicted molar refractivity (Wildman–Crippen MR) is 123 cm³/mol. The van der Waals surface area contributed by atoms with Gasteiger partial charge in [0.25, 0.3) is 11.4 Å². The molecule has 2 aromatic heterocycles. The summed E-state index contributed by atoms with van der Waals surface area (Å²) in [5, 5.41) is 9.84. The number of hydrogen-bond acceptors (Lipinski definition) is 8. The van der Waals surface area contributed by atoms with Gasteiger partial charge in [0.15, 0.2) is 17.2 Å². The molecule has 0 saturated heterocycles. The van der Waals surface area contributed by atoms with Crippen LogP contribution in [0.5, 0.6) is 17.2 Å². The maximum Gasteiger partial charge on any atom is 0.279 e. The molecule has 0 amide bonds. The Hall–Kier alpha value is -4.66. The minimum Gasteiger partial charge on any atom is -0.494 e. The Labute approximate surface area is 193 Å². The summed E-state index contributed by atoms with van der Waals surface area (Å²) in [6, 6.07) is 19.8. The Balaban J connectivity index is 1.47. The Morgan fingerprint density at radius 1 is 0.971 bits per heavy atom. The number of rotatable bonds is 5. The van der Waals surface area contributed by atoms with Crippen molar-refractivity contribution in [2.24, 2.45) is 0 Å². The van der Waals surface area contributed by atoms with Crippen molar-refractivity contribution in [3.63, 3.8) is 0 Å². The van der Waals surface area contributed by atoms with Gasteiger partial charge in [-0.05, 0) is 55.5 Å². The maximum absolute atomic E-state index is 13.2. The summed E-state index contributed by atoms with van der Waals surface area (Å²) in [7, 11) is 0. The van der Waals surface area contributed by atoms with Gasteiger partial charge in [-0.3, -0.25) is 4.79 Å². The molecule has 9 heteroatoms. The Bertz CT molecular complexity index is 1570. The first-order valence-electron chi connectivity index (χ1n) is 10.7. The van der Waals surface area contributed by atoms with Crippen molar-refractivity contribution in [3.05, 3.63) is 77.1 Å². The van der Waals surface area contributed by atoms with Crippen LogP contribution in [0, 0.1) is 0 Å². The van der Waals surface area contributed by atoms with E-state index < -0.39 is 0 Å². The summed E-state index contributed by atoms with van der Waals surface area (Å²) in [5.74, 6) is 2.58. The molecule has 0 radical (unpaired) electrons. The normalized spacial score (nSPS) is 12.3. The molecule has 0 spiro atoms. The summed E-state index contributed by atoms with van der Waals surface area (Å²) in [5.41, 5.74) is 1.46. The molecule has 6 rings (SSSR count). The second-order valence-corrected chi connectivity index (χ2v) is 7.53. The van der Waals surface area contributed by atoms with Gasteiger partial charge in [-0.15, -0.1) is 0 Å². The van der Waals surface area contributed by atoms with Crippen molar-refractivity contribution in [1.82, 2.24) is 19.9 Å². The molecular weight excluding hydrogens is 436 g/mol. The van der Waals surface area contributed by atoms with Crippen molar-refractivity contribution in [2.45, 2.75) is 6.92 Å². The van der Waals surface area contributed by atoms with Gasteiger partial charge in [0, 0.05) is 10.9 Å². The average Bonchev–Trinajstić information content (AvgIpc) is 3.55. The standard InChI is InChI=1S/C25H18N4O5/c1-2-31-17-10-8-16(9-11-17)29-25(30)19-6-4-3-5-18(19)22(27-29)24-26-23(28-34-24)15-7-12-20-21(13-15)33-14-32-20/h3-13H,2,14H2,1H3. The number of aromatic nitrogens is 4. The molecule has 5 aromatic rings. The van der Waals surface area contributed by atoms with Crippen LogP contribution >= 0.6 is 0 Å². The van der Waals surface area contributed by atoms with E-state index in [0.717, 1.165) is 0 Å². The van der Waals surface area contributed by atoms with Crippen LogP contribution in [0.25, 0.3) is 39.4 Å². The lowest BCUT2D eigenvalue weighted by atomic mass is 10.1. The van der Waals surface area contributed by atoms with Gasteiger partial charge in [-0.25, -0.2) is 0 Å². The monoisotopic (exact) mass is 454 g/mol. The van der Waals surface area contributed by atoms with E-state index in [9.17, 15) is 4.79 Å². The zero-order chi connectivity index (χ0) is 23.1. The number of fused-ring (bicyclic) bond motifs is 2. The molecule has 34 heavy (non-hydrogen) atoms. The van der Waals surface area contributed by atoms with Crippen molar-refractivity contribution in [1.29, 1.82) is 0 Å². The number of benzene rings is 3. The Morgan fingerprint density at radius 3 is 2.59 bits per heavy atom. The molecule has 0 saturated carbocycles. The molecule has 0 fully saturated rings. The number of hydrogen-bond donors (Lipinski definition) is 0. The highest BCUT2D eigenvalue weighted by Gasteiger charge is 2.21. The third kappa shape index (κ3) is 3.34. The number of nitrogens with zero attached hydrogens (tertiary/aromatic N) is 4. The molecule has 1 aliphatic heterocycles. The topological polar surface area (TPSA) is 102 Å². The molecule has 168 valence electrons. The minimum absolute atomic E-state index is 0.180. The van der Waals surface area contributed by atoms with Crippen LogP contribution in [0.3, 0.4) is 0 Å². The molecule has 0 unspecified atom stereocenters. The lowest BCUT2D eigenvalue weighted by molar-refractivity contribution is 0.174. The summed E-state index contributed by atoms with van der Waals surface area (Å²) >= 11 is 0. The molecule has 0 bridgehead atoms. The zero-order valence-electron chi connectivity index (χ0n) is 18.1. The molecule has 0 N–H and O–H groups in total. The summed E-state index contributed by atoms with van der Waals surface area (Å²) in [6.07, 6.45) is 0. The van der Waals surface area contributed by atoms with Crippen LogP contribution < -0.4 is 19.8 Å². The third-order valence-corrected chi connectivity index (χ3v) is 5.46. The van der Waals surface area contributed by atoms with Gasteiger partial charge in [0.2, 0.25) is 12.6 Å². The second-order valence-electron chi connectivity index (χ2n) is 7.53. The van der Waals surface area contributed by atoms with Crippen LogP contribution in [0.1, 0.15) is 6.92 Å². The largest absolute Gasteiger partial charge is 0.494 e. The highest BCUT2D eigenvalue weighted by atomic mass is 16.7. The molecular formula is C25H18N4O5. The van der Waals surface area contributed by atoms with Crippen LogP contribution in [-0.2, 0) is 0 Å². The minimum atomic E-state index is -0.251. The van der Waals surface area contributed by atoms with Gasteiger partial charge >= 0.3 is 0 Å². The first-order chi connectivity index (χ1) is 16.7. The lowest BCUT2D eigenvalue weighted by Gasteiger charge is -2.10. The Morgan fingerprint density at radius 2 is 1.76 bits per heavy atom. The van der Waals surface area contributed by atoms with Crippen molar-refractivity contribution >= 4 is 10.8 Å². The van der Waals surface area contributed by atoms with E-state index in [-0.39, 0.29) is 18.2 Å². The Kier molecular flexibility index (Phi) is 4.72. The maximum atomic E-state index is 13.2. The van der Waals surface area contributed by atoms with Crippen molar-refractivity contribution < 1.29 is 18.7 Å². The van der Waals surface area contributed by atoms with Crippen molar-refractivity contribution in [3.8, 4) is 45.9 Å². The van der Waals surface area contributed by atoms with E-state index in [0.29, 0.717) is 57.4 Å². The van der Waals surface area contributed by atoms with Gasteiger partial charge in [0.05, 0.1) is 17.7 Å². The molecule has 0 atom stereocenters. The molecule has 1 aliphatic rings. The van der Waals surface area contributed by atoms with Gasteiger partial charge < -0.3 is 18.7 Å². The molecule has 9 nitrogen and oxygen atoms in total. The smallest absolute Gasteiger partial charge is 0.279 e. The fourth-order valence-corrected chi connectivity index (χ4v) is 3.85.